The first-order valence-electron chi connectivity index (χ1n) is 10.8. The van der Waals surface area contributed by atoms with Crippen LogP contribution in [0.1, 0.15) is 32.9 Å². The van der Waals surface area contributed by atoms with Crippen molar-refractivity contribution in [1.82, 2.24) is 15.1 Å². The van der Waals surface area contributed by atoms with E-state index in [1.54, 1.807) is 12.1 Å². The summed E-state index contributed by atoms with van der Waals surface area (Å²) in [7, 11) is 6.42. The highest BCUT2D eigenvalue weighted by Gasteiger charge is 2.18. The molecule has 0 atom stereocenters. The first kappa shape index (κ1) is 24.6. The van der Waals surface area contributed by atoms with Gasteiger partial charge in [-0.15, -0.1) is 0 Å². The van der Waals surface area contributed by atoms with Crippen molar-refractivity contribution < 1.29 is 19.0 Å². The van der Waals surface area contributed by atoms with Gasteiger partial charge in [0.1, 0.15) is 0 Å². The van der Waals surface area contributed by atoms with Gasteiger partial charge in [-0.2, -0.15) is 5.10 Å². The number of hydrogen-bond acceptors (Lipinski definition) is 6. The molecule has 0 aliphatic heterocycles. The second-order valence-corrected chi connectivity index (χ2v) is 7.80. The van der Waals surface area contributed by atoms with Crippen LogP contribution in [-0.4, -0.2) is 43.0 Å². The van der Waals surface area contributed by atoms with E-state index in [2.05, 4.69) is 20.7 Å². The topological polar surface area (TPSA) is 99.0 Å². The second-order valence-electron chi connectivity index (χ2n) is 7.80. The molecule has 34 heavy (non-hydrogen) atoms. The summed E-state index contributed by atoms with van der Waals surface area (Å²) < 4.78 is 17.9. The standard InChI is InChI=1S/C25H31N5O4/c1-15-9-8-10-19(11-15)27-25(26-14-20-16(2)29-30(4)17(20)3)28-24(31)18-12-21(32-5)23(34-7)22(13-18)33-6/h8-13H,14H2,1-7H3,(H2,26,27,28,31). The zero-order chi connectivity index (χ0) is 24.8. The van der Waals surface area contributed by atoms with Gasteiger partial charge >= 0.3 is 0 Å². The summed E-state index contributed by atoms with van der Waals surface area (Å²) in [5, 5.41) is 10.5. The Morgan fingerprint density at radius 2 is 1.71 bits per heavy atom. The molecule has 0 radical (unpaired) electrons. The fourth-order valence-electron chi connectivity index (χ4n) is 3.57. The highest BCUT2D eigenvalue weighted by atomic mass is 16.5. The van der Waals surface area contributed by atoms with E-state index < -0.39 is 0 Å². The first-order valence-corrected chi connectivity index (χ1v) is 10.8. The lowest BCUT2D eigenvalue weighted by molar-refractivity contribution is 0.0976. The Hall–Kier alpha value is -4.01. The predicted molar refractivity (Wildman–Crippen MR) is 132 cm³/mol. The van der Waals surface area contributed by atoms with Crippen molar-refractivity contribution in [2.45, 2.75) is 27.3 Å². The third-order valence-corrected chi connectivity index (χ3v) is 5.49. The molecule has 0 aliphatic carbocycles. The lowest BCUT2D eigenvalue weighted by atomic mass is 10.1. The average Bonchev–Trinajstić information content (AvgIpc) is 3.06. The van der Waals surface area contributed by atoms with E-state index in [9.17, 15) is 4.79 Å². The van der Waals surface area contributed by atoms with Gasteiger partial charge in [0.05, 0.1) is 33.6 Å². The number of guanidine groups is 1. The predicted octanol–water partition coefficient (Wildman–Crippen LogP) is 3.77. The third-order valence-electron chi connectivity index (χ3n) is 5.49. The fourth-order valence-corrected chi connectivity index (χ4v) is 3.57. The molecule has 1 amide bonds. The number of methoxy groups -OCH3 is 3. The summed E-state index contributed by atoms with van der Waals surface area (Å²) in [4.78, 5) is 17.9. The van der Waals surface area contributed by atoms with E-state index in [-0.39, 0.29) is 5.91 Å². The molecule has 9 heteroatoms. The van der Waals surface area contributed by atoms with E-state index in [0.29, 0.717) is 35.3 Å². The molecule has 0 saturated carbocycles. The minimum atomic E-state index is -0.377. The van der Waals surface area contributed by atoms with Crippen LogP contribution in [0.2, 0.25) is 0 Å². The number of aliphatic imine (C=N–C) groups is 1. The summed E-state index contributed by atoms with van der Waals surface area (Å²) in [5.74, 6) is 1.12. The van der Waals surface area contributed by atoms with Gasteiger partial charge in [-0.05, 0) is 50.6 Å². The number of aryl methyl sites for hydroxylation is 3. The Balaban J connectivity index is 1.94. The average molecular weight is 466 g/mol. The number of benzene rings is 2. The molecule has 0 bridgehead atoms. The van der Waals surface area contributed by atoms with Gasteiger partial charge < -0.3 is 19.5 Å². The number of hydrogen-bond donors (Lipinski definition) is 2. The van der Waals surface area contributed by atoms with Crippen LogP contribution >= 0.6 is 0 Å². The van der Waals surface area contributed by atoms with Gasteiger partial charge in [0, 0.05) is 29.6 Å². The van der Waals surface area contributed by atoms with E-state index in [4.69, 9.17) is 14.2 Å². The molecule has 9 nitrogen and oxygen atoms in total. The van der Waals surface area contributed by atoms with Gasteiger partial charge in [0.15, 0.2) is 11.5 Å². The molecule has 1 heterocycles. The van der Waals surface area contributed by atoms with Gasteiger partial charge in [0.2, 0.25) is 11.7 Å². The smallest absolute Gasteiger partial charge is 0.258 e. The molecule has 0 saturated heterocycles. The van der Waals surface area contributed by atoms with Gasteiger partial charge in [0.25, 0.3) is 5.91 Å². The van der Waals surface area contributed by atoms with Crippen LogP contribution in [0, 0.1) is 20.8 Å². The number of carbonyl (C=O) groups is 1. The third kappa shape index (κ3) is 5.48. The lowest BCUT2D eigenvalue weighted by Gasteiger charge is -2.15. The van der Waals surface area contributed by atoms with Crippen molar-refractivity contribution in [1.29, 1.82) is 0 Å². The molecular weight excluding hydrogens is 434 g/mol. The van der Waals surface area contributed by atoms with Gasteiger partial charge in [-0.25, -0.2) is 4.99 Å². The van der Waals surface area contributed by atoms with Crippen molar-refractivity contribution in [3.8, 4) is 17.2 Å². The SMILES string of the molecule is COc1cc(C(=O)NC(=NCc2c(C)nn(C)c2C)Nc2cccc(C)c2)cc(OC)c1OC. The zero-order valence-corrected chi connectivity index (χ0v) is 20.6. The Bertz CT molecular complexity index is 1190. The van der Waals surface area contributed by atoms with Crippen molar-refractivity contribution in [3.05, 3.63) is 64.5 Å². The van der Waals surface area contributed by atoms with Crippen LogP contribution < -0.4 is 24.8 Å². The summed E-state index contributed by atoms with van der Waals surface area (Å²) in [5.41, 5.74) is 5.15. The Morgan fingerprint density at radius 3 is 2.24 bits per heavy atom. The normalized spacial score (nSPS) is 11.2. The molecule has 2 aromatic carbocycles. The number of aromatic nitrogens is 2. The maximum Gasteiger partial charge on any atom is 0.258 e. The second kappa shape index (κ2) is 10.7. The summed E-state index contributed by atoms with van der Waals surface area (Å²) in [6.45, 7) is 6.29. The van der Waals surface area contributed by atoms with Crippen LogP contribution in [-0.2, 0) is 13.6 Å². The van der Waals surface area contributed by atoms with E-state index >= 15 is 0 Å². The maximum atomic E-state index is 13.2. The number of nitrogens with one attached hydrogen (secondary N) is 2. The van der Waals surface area contributed by atoms with E-state index in [1.165, 1.54) is 21.3 Å². The van der Waals surface area contributed by atoms with Crippen LogP contribution in [0.4, 0.5) is 5.69 Å². The fraction of sp³-hybridized carbons (Fsp3) is 0.320. The molecule has 3 aromatic rings. The summed E-state index contributed by atoms with van der Waals surface area (Å²) in [6, 6.07) is 11.0. The monoisotopic (exact) mass is 465 g/mol. The minimum absolute atomic E-state index is 0.312. The van der Waals surface area contributed by atoms with Crippen molar-refractivity contribution in [2.24, 2.45) is 12.0 Å². The Kier molecular flexibility index (Phi) is 7.78. The lowest BCUT2D eigenvalue weighted by Crippen LogP contribution is -2.36. The molecule has 3 rings (SSSR count). The molecule has 0 aliphatic rings. The van der Waals surface area contributed by atoms with Gasteiger partial charge in [-0.1, -0.05) is 12.1 Å². The first-order chi connectivity index (χ1) is 16.3. The highest BCUT2D eigenvalue weighted by Crippen LogP contribution is 2.38. The molecule has 180 valence electrons. The molecule has 2 N–H and O–H groups in total. The summed E-state index contributed by atoms with van der Waals surface area (Å²) >= 11 is 0. The van der Waals surface area contributed by atoms with E-state index in [1.807, 2.05) is 56.8 Å². The van der Waals surface area contributed by atoms with E-state index in [0.717, 1.165) is 28.2 Å². The van der Waals surface area contributed by atoms with Crippen LogP contribution in [0.3, 0.4) is 0 Å². The van der Waals surface area contributed by atoms with Crippen molar-refractivity contribution in [3.63, 3.8) is 0 Å². The number of amides is 1. The largest absolute Gasteiger partial charge is 0.493 e. The number of nitrogens with zero attached hydrogens (tertiary/aromatic N) is 3. The molecule has 1 aromatic heterocycles. The molecular formula is C25H31N5O4. The number of anilines is 1. The zero-order valence-electron chi connectivity index (χ0n) is 20.6. The van der Waals surface area contributed by atoms with Crippen LogP contribution in [0.5, 0.6) is 17.2 Å². The number of ether oxygens (including phenoxy) is 3. The van der Waals surface area contributed by atoms with Gasteiger partial charge in [-0.3, -0.25) is 14.8 Å². The maximum absolute atomic E-state index is 13.2. The van der Waals surface area contributed by atoms with Crippen LogP contribution in [0.25, 0.3) is 0 Å². The molecule has 0 unspecified atom stereocenters. The Morgan fingerprint density at radius 1 is 1.03 bits per heavy atom. The number of rotatable bonds is 7. The summed E-state index contributed by atoms with van der Waals surface area (Å²) in [6.07, 6.45) is 0. The quantitative estimate of drug-likeness (QED) is 0.407. The minimum Gasteiger partial charge on any atom is -0.493 e. The van der Waals surface area contributed by atoms with Crippen molar-refractivity contribution >= 4 is 17.6 Å². The van der Waals surface area contributed by atoms with Crippen molar-refractivity contribution in [2.75, 3.05) is 26.6 Å². The van der Waals surface area contributed by atoms with Crippen LogP contribution in [0.15, 0.2) is 41.4 Å². The Labute approximate surface area is 199 Å². The number of carbonyl (C=O) groups excluding carboxylic acids is 1. The highest BCUT2D eigenvalue weighted by molar-refractivity contribution is 6.10. The molecule has 0 fully saturated rings. The molecule has 0 spiro atoms.